The van der Waals surface area contributed by atoms with Crippen LogP contribution in [0.3, 0.4) is 0 Å². The van der Waals surface area contributed by atoms with Gasteiger partial charge in [0.25, 0.3) is 0 Å². The van der Waals surface area contributed by atoms with Crippen molar-refractivity contribution >= 4 is 17.8 Å². The third kappa shape index (κ3) is 4.09. The summed E-state index contributed by atoms with van der Waals surface area (Å²) in [6, 6.07) is 10.7. The first-order chi connectivity index (χ1) is 13.2. The Balaban J connectivity index is 1.85. The first-order valence-electron chi connectivity index (χ1n) is 9.23. The van der Waals surface area contributed by atoms with Gasteiger partial charge in [-0.05, 0) is 70.0 Å². The highest BCUT2D eigenvalue weighted by molar-refractivity contribution is 6.15. The van der Waals surface area contributed by atoms with E-state index in [1.165, 1.54) is 0 Å². The fourth-order valence-corrected chi connectivity index (χ4v) is 2.77. The standard InChI is InChI=1S/C23H24O5/c1-6-26-16-9-7-15(8-10-16)12-19-21(24)20-14(2)11-17(13-18(20)28-19)27-22(25)23(3,4)5/h7-13H,6H2,1-5H3/b19-12-. The van der Waals surface area contributed by atoms with Gasteiger partial charge in [0.1, 0.15) is 17.2 Å². The maximum atomic E-state index is 12.8. The molecule has 0 saturated carbocycles. The lowest BCUT2D eigenvalue weighted by molar-refractivity contribution is -0.143. The van der Waals surface area contributed by atoms with Gasteiger partial charge in [0.2, 0.25) is 5.78 Å². The lowest BCUT2D eigenvalue weighted by atomic mass is 9.97. The largest absolute Gasteiger partial charge is 0.494 e. The van der Waals surface area contributed by atoms with Crippen LogP contribution in [0.25, 0.3) is 6.08 Å². The zero-order valence-electron chi connectivity index (χ0n) is 16.8. The van der Waals surface area contributed by atoms with E-state index in [1.807, 2.05) is 31.2 Å². The van der Waals surface area contributed by atoms with Gasteiger partial charge in [-0.1, -0.05) is 12.1 Å². The highest BCUT2D eigenvalue weighted by Crippen LogP contribution is 2.38. The van der Waals surface area contributed by atoms with Gasteiger partial charge in [0, 0.05) is 6.07 Å². The minimum absolute atomic E-state index is 0.185. The lowest BCUT2D eigenvalue weighted by Crippen LogP contribution is -2.25. The van der Waals surface area contributed by atoms with Gasteiger partial charge in [-0.15, -0.1) is 0 Å². The number of rotatable bonds is 4. The Kier molecular flexibility index (Phi) is 5.27. The van der Waals surface area contributed by atoms with Crippen LogP contribution in [0.5, 0.6) is 17.2 Å². The van der Waals surface area contributed by atoms with Crippen LogP contribution in [0.4, 0.5) is 0 Å². The third-order valence-corrected chi connectivity index (χ3v) is 4.26. The maximum Gasteiger partial charge on any atom is 0.316 e. The summed E-state index contributed by atoms with van der Waals surface area (Å²) >= 11 is 0. The molecule has 1 aliphatic heterocycles. The summed E-state index contributed by atoms with van der Waals surface area (Å²) in [6.07, 6.45) is 1.69. The average Bonchev–Trinajstić information content (AvgIpc) is 2.92. The van der Waals surface area contributed by atoms with Crippen molar-refractivity contribution < 1.29 is 23.8 Å². The van der Waals surface area contributed by atoms with E-state index >= 15 is 0 Å². The van der Waals surface area contributed by atoms with Crippen LogP contribution in [0.1, 0.15) is 49.2 Å². The lowest BCUT2D eigenvalue weighted by Gasteiger charge is -2.16. The van der Waals surface area contributed by atoms with E-state index in [9.17, 15) is 9.59 Å². The summed E-state index contributed by atoms with van der Waals surface area (Å²) in [5, 5.41) is 0. The molecule has 0 atom stereocenters. The normalized spacial score (nSPS) is 14.6. The molecule has 0 aromatic heterocycles. The topological polar surface area (TPSA) is 61.8 Å². The molecule has 1 heterocycles. The van der Waals surface area contributed by atoms with E-state index in [0.29, 0.717) is 29.2 Å². The Morgan fingerprint density at radius 1 is 1.11 bits per heavy atom. The number of Topliss-reactive ketones (excluding diaryl/α,β-unsaturated/α-hetero) is 1. The van der Waals surface area contributed by atoms with Crippen molar-refractivity contribution in [3.8, 4) is 17.2 Å². The van der Waals surface area contributed by atoms with E-state index in [1.54, 1.807) is 45.9 Å². The van der Waals surface area contributed by atoms with E-state index in [0.717, 1.165) is 11.3 Å². The summed E-state index contributed by atoms with van der Waals surface area (Å²) in [7, 11) is 0. The summed E-state index contributed by atoms with van der Waals surface area (Å²) in [6.45, 7) is 9.67. The zero-order valence-corrected chi connectivity index (χ0v) is 16.8. The van der Waals surface area contributed by atoms with Gasteiger partial charge in [-0.25, -0.2) is 0 Å². The number of ketones is 1. The Morgan fingerprint density at radius 3 is 2.39 bits per heavy atom. The number of carbonyl (C=O) groups is 2. The van der Waals surface area contributed by atoms with Crippen LogP contribution in [0, 0.1) is 12.3 Å². The van der Waals surface area contributed by atoms with Gasteiger partial charge >= 0.3 is 5.97 Å². The molecule has 0 bridgehead atoms. The molecule has 2 aromatic carbocycles. The first-order valence-corrected chi connectivity index (χ1v) is 9.23. The fraction of sp³-hybridized carbons (Fsp3) is 0.304. The molecule has 3 rings (SSSR count). The molecule has 0 spiro atoms. The number of hydrogen-bond acceptors (Lipinski definition) is 5. The maximum absolute atomic E-state index is 12.8. The summed E-state index contributed by atoms with van der Waals surface area (Å²) in [5.41, 5.74) is 1.40. The minimum atomic E-state index is -0.623. The van der Waals surface area contributed by atoms with E-state index in [4.69, 9.17) is 14.2 Å². The van der Waals surface area contributed by atoms with E-state index in [2.05, 4.69) is 0 Å². The third-order valence-electron chi connectivity index (χ3n) is 4.26. The quantitative estimate of drug-likeness (QED) is 0.426. The predicted octanol–water partition coefficient (Wildman–Crippen LogP) is 4.96. The highest BCUT2D eigenvalue weighted by Gasteiger charge is 2.31. The van der Waals surface area contributed by atoms with Gasteiger partial charge in [-0.2, -0.15) is 0 Å². The molecule has 5 nitrogen and oxygen atoms in total. The van der Waals surface area contributed by atoms with Crippen molar-refractivity contribution in [2.45, 2.75) is 34.6 Å². The molecule has 0 amide bonds. The first kappa shape index (κ1) is 19.7. The van der Waals surface area contributed by atoms with Crippen LogP contribution in [-0.2, 0) is 4.79 Å². The second-order valence-electron chi connectivity index (χ2n) is 7.69. The molecule has 0 saturated heterocycles. The molecule has 2 aromatic rings. The van der Waals surface area contributed by atoms with Gasteiger partial charge < -0.3 is 14.2 Å². The molecular weight excluding hydrogens is 356 g/mol. The van der Waals surface area contributed by atoms with Crippen LogP contribution < -0.4 is 14.2 Å². The number of aryl methyl sites for hydroxylation is 1. The zero-order chi connectivity index (χ0) is 20.5. The van der Waals surface area contributed by atoms with Crippen LogP contribution in [-0.4, -0.2) is 18.4 Å². The number of fused-ring (bicyclic) bond motifs is 1. The van der Waals surface area contributed by atoms with Gasteiger partial charge in [0.05, 0.1) is 17.6 Å². The number of allylic oxidation sites excluding steroid dienone is 1. The van der Waals surface area contributed by atoms with Crippen molar-refractivity contribution in [1.82, 2.24) is 0 Å². The molecule has 28 heavy (non-hydrogen) atoms. The van der Waals surface area contributed by atoms with Gasteiger partial charge in [0.15, 0.2) is 5.76 Å². The Labute approximate surface area is 164 Å². The SMILES string of the molecule is CCOc1ccc(/C=C2\Oc3cc(OC(=O)C(C)(C)C)cc(C)c3C2=O)cc1. The van der Waals surface area contributed by atoms with Crippen LogP contribution >= 0.6 is 0 Å². The summed E-state index contributed by atoms with van der Waals surface area (Å²) in [4.78, 5) is 24.9. The molecule has 146 valence electrons. The average molecular weight is 380 g/mol. The smallest absolute Gasteiger partial charge is 0.316 e. The van der Waals surface area contributed by atoms with Crippen LogP contribution in [0.15, 0.2) is 42.2 Å². The van der Waals surface area contributed by atoms with Crippen molar-refractivity contribution in [3.05, 3.63) is 58.8 Å². The summed E-state index contributed by atoms with van der Waals surface area (Å²) in [5.74, 6) is 1.25. The van der Waals surface area contributed by atoms with Crippen LogP contribution in [0.2, 0.25) is 0 Å². The molecule has 0 N–H and O–H groups in total. The van der Waals surface area contributed by atoms with Crippen molar-refractivity contribution in [2.24, 2.45) is 5.41 Å². The number of esters is 1. The molecular formula is C23H24O5. The second kappa shape index (κ2) is 7.50. The minimum Gasteiger partial charge on any atom is -0.494 e. The fourth-order valence-electron chi connectivity index (χ4n) is 2.77. The Morgan fingerprint density at radius 2 is 1.79 bits per heavy atom. The highest BCUT2D eigenvalue weighted by atomic mass is 16.5. The van der Waals surface area contributed by atoms with Crippen molar-refractivity contribution in [1.29, 1.82) is 0 Å². The van der Waals surface area contributed by atoms with Crippen molar-refractivity contribution in [3.63, 3.8) is 0 Å². The number of ether oxygens (including phenoxy) is 3. The van der Waals surface area contributed by atoms with Crippen molar-refractivity contribution in [2.75, 3.05) is 6.61 Å². The Bertz CT molecular complexity index is 946. The van der Waals surface area contributed by atoms with Gasteiger partial charge in [-0.3, -0.25) is 9.59 Å². The number of benzene rings is 2. The molecule has 0 radical (unpaired) electrons. The number of hydrogen-bond donors (Lipinski definition) is 0. The van der Waals surface area contributed by atoms with E-state index in [-0.39, 0.29) is 17.5 Å². The molecule has 5 heteroatoms. The monoisotopic (exact) mass is 380 g/mol. The molecule has 0 unspecified atom stereocenters. The molecule has 0 aliphatic carbocycles. The number of carbonyl (C=O) groups excluding carboxylic acids is 2. The second-order valence-corrected chi connectivity index (χ2v) is 7.69. The van der Waals surface area contributed by atoms with E-state index < -0.39 is 5.41 Å². The Hall–Kier alpha value is -3.08. The molecule has 1 aliphatic rings. The summed E-state index contributed by atoms with van der Waals surface area (Å²) < 4.78 is 16.7. The predicted molar refractivity (Wildman–Crippen MR) is 107 cm³/mol. The molecule has 0 fully saturated rings.